The molecule has 0 radical (unpaired) electrons. The lowest BCUT2D eigenvalue weighted by Crippen LogP contribution is -2.41. The molecule has 0 bridgehead atoms. The number of fused-ring (bicyclic) bond motifs is 1. The zero-order valence-electron chi connectivity index (χ0n) is 15.5. The summed E-state index contributed by atoms with van der Waals surface area (Å²) in [4.78, 5) is 25.9. The van der Waals surface area contributed by atoms with Crippen LogP contribution in [-0.4, -0.2) is 36.9 Å². The largest absolute Gasteiger partial charge is 0.497 e. The monoisotopic (exact) mass is 386 g/mol. The second-order valence-electron chi connectivity index (χ2n) is 6.59. The number of halogens is 1. The van der Waals surface area contributed by atoms with Gasteiger partial charge in [0.1, 0.15) is 5.75 Å². The molecule has 142 valence electrons. The Hall–Kier alpha value is -2.53. The molecule has 1 aliphatic heterocycles. The fourth-order valence-corrected chi connectivity index (χ4v) is 3.71. The van der Waals surface area contributed by atoms with Gasteiger partial charge in [0, 0.05) is 31.5 Å². The van der Waals surface area contributed by atoms with Gasteiger partial charge in [-0.1, -0.05) is 29.8 Å². The summed E-state index contributed by atoms with van der Waals surface area (Å²) in [5, 5.41) is 3.32. The van der Waals surface area contributed by atoms with Crippen LogP contribution < -0.4 is 10.1 Å². The summed E-state index contributed by atoms with van der Waals surface area (Å²) in [5.74, 6) is 0.624. The quantitative estimate of drug-likeness (QED) is 0.857. The zero-order valence-corrected chi connectivity index (χ0v) is 16.3. The van der Waals surface area contributed by atoms with E-state index in [0.29, 0.717) is 18.1 Å². The molecule has 1 N–H and O–H groups in total. The van der Waals surface area contributed by atoms with Gasteiger partial charge in [-0.2, -0.15) is 0 Å². The summed E-state index contributed by atoms with van der Waals surface area (Å²) < 4.78 is 5.40. The van der Waals surface area contributed by atoms with E-state index in [0.717, 1.165) is 23.3 Å². The minimum atomic E-state index is -0.229. The highest BCUT2D eigenvalue weighted by Gasteiger charge is 2.32. The van der Waals surface area contributed by atoms with Crippen LogP contribution in [0.4, 0.5) is 0 Å². The average molecular weight is 387 g/mol. The molecule has 0 fully saturated rings. The van der Waals surface area contributed by atoms with Gasteiger partial charge in [0.2, 0.25) is 11.8 Å². The van der Waals surface area contributed by atoms with E-state index in [9.17, 15) is 9.59 Å². The number of rotatable bonds is 5. The number of amides is 2. The van der Waals surface area contributed by atoms with Crippen molar-refractivity contribution >= 4 is 23.4 Å². The van der Waals surface area contributed by atoms with E-state index in [2.05, 4.69) is 11.4 Å². The Bertz CT molecular complexity index is 853. The third-order valence-electron chi connectivity index (χ3n) is 4.78. The van der Waals surface area contributed by atoms with E-state index in [1.54, 1.807) is 7.11 Å². The molecule has 0 spiro atoms. The summed E-state index contributed by atoms with van der Waals surface area (Å²) in [5.41, 5.74) is 3.21. The molecule has 1 atom stereocenters. The van der Waals surface area contributed by atoms with Gasteiger partial charge in [-0.25, -0.2) is 0 Å². The van der Waals surface area contributed by atoms with Gasteiger partial charge >= 0.3 is 0 Å². The zero-order chi connectivity index (χ0) is 19.4. The predicted octanol–water partition coefficient (Wildman–Crippen LogP) is 3.35. The van der Waals surface area contributed by atoms with Gasteiger partial charge in [0.15, 0.2) is 0 Å². The molecule has 1 unspecified atom stereocenters. The van der Waals surface area contributed by atoms with Crippen LogP contribution in [0.25, 0.3) is 0 Å². The van der Waals surface area contributed by atoms with Crippen molar-refractivity contribution in [1.82, 2.24) is 10.2 Å². The second kappa shape index (κ2) is 8.44. The van der Waals surface area contributed by atoms with Crippen molar-refractivity contribution in [3.05, 3.63) is 64.2 Å². The number of benzene rings is 2. The minimum Gasteiger partial charge on any atom is -0.497 e. The molecule has 3 rings (SSSR count). The van der Waals surface area contributed by atoms with Gasteiger partial charge in [-0.05, 0) is 47.4 Å². The van der Waals surface area contributed by atoms with Crippen molar-refractivity contribution in [1.29, 1.82) is 0 Å². The average Bonchev–Trinajstić information content (AvgIpc) is 2.66. The molecule has 0 aliphatic carbocycles. The van der Waals surface area contributed by atoms with E-state index in [1.807, 2.05) is 41.3 Å². The van der Waals surface area contributed by atoms with Crippen LogP contribution in [0.15, 0.2) is 42.5 Å². The highest BCUT2D eigenvalue weighted by atomic mass is 35.5. The van der Waals surface area contributed by atoms with Crippen LogP contribution in [0.2, 0.25) is 5.02 Å². The Morgan fingerprint density at radius 2 is 2.07 bits per heavy atom. The standard InChI is InChI=1S/C21H23ClN2O3/c1-14(25)23-10-8-20(26)24-11-9-15-6-7-18(27-2)13-19(15)21(24)16-4-3-5-17(22)12-16/h3-7,12-13,21H,8-11H2,1-2H3,(H,23,25). The number of carbonyl (C=O) groups excluding carboxylic acids is 2. The molecule has 0 saturated carbocycles. The predicted molar refractivity (Wildman–Crippen MR) is 105 cm³/mol. The van der Waals surface area contributed by atoms with Crippen LogP contribution >= 0.6 is 11.6 Å². The summed E-state index contributed by atoms with van der Waals surface area (Å²) in [6, 6.07) is 13.4. The first kappa shape index (κ1) is 19.2. The third kappa shape index (κ3) is 4.42. The van der Waals surface area contributed by atoms with E-state index >= 15 is 0 Å². The molecule has 0 saturated heterocycles. The van der Waals surface area contributed by atoms with Crippen molar-refractivity contribution < 1.29 is 14.3 Å². The van der Waals surface area contributed by atoms with Gasteiger partial charge < -0.3 is 15.0 Å². The number of nitrogens with one attached hydrogen (secondary N) is 1. The summed E-state index contributed by atoms with van der Waals surface area (Å²) in [7, 11) is 1.63. The number of carbonyl (C=O) groups is 2. The Balaban J connectivity index is 1.97. The molecule has 6 heteroatoms. The van der Waals surface area contributed by atoms with E-state index in [1.165, 1.54) is 12.5 Å². The Morgan fingerprint density at radius 3 is 2.78 bits per heavy atom. The molecule has 5 nitrogen and oxygen atoms in total. The van der Waals surface area contributed by atoms with Crippen LogP contribution in [0.3, 0.4) is 0 Å². The number of hydrogen-bond acceptors (Lipinski definition) is 3. The van der Waals surface area contributed by atoms with E-state index < -0.39 is 0 Å². The second-order valence-corrected chi connectivity index (χ2v) is 7.03. The molecule has 1 heterocycles. The van der Waals surface area contributed by atoms with E-state index in [4.69, 9.17) is 16.3 Å². The normalized spacial score (nSPS) is 15.8. The molecule has 1 aliphatic rings. The van der Waals surface area contributed by atoms with Crippen molar-refractivity contribution in [2.24, 2.45) is 0 Å². The number of methoxy groups -OCH3 is 1. The summed E-state index contributed by atoms with van der Waals surface area (Å²) in [6.07, 6.45) is 1.04. The van der Waals surface area contributed by atoms with Gasteiger partial charge in [0.25, 0.3) is 0 Å². The first-order chi connectivity index (χ1) is 13.0. The van der Waals surface area contributed by atoms with Crippen LogP contribution in [0, 0.1) is 0 Å². The number of nitrogens with zero attached hydrogens (tertiary/aromatic N) is 1. The van der Waals surface area contributed by atoms with Gasteiger partial charge in [-0.3, -0.25) is 9.59 Å². The highest BCUT2D eigenvalue weighted by molar-refractivity contribution is 6.30. The maximum absolute atomic E-state index is 12.9. The Morgan fingerprint density at radius 1 is 1.26 bits per heavy atom. The van der Waals surface area contributed by atoms with Gasteiger partial charge in [-0.15, -0.1) is 0 Å². The molecule has 2 amide bonds. The number of hydrogen-bond donors (Lipinski definition) is 1. The summed E-state index contributed by atoms with van der Waals surface area (Å²) in [6.45, 7) is 2.40. The lowest BCUT2D eigenvalue weighted by atomic mass is 9.87. The topological polar surface area (TPSA) is 58.6 Å². The van der Waals surface area contributed by atoms with E-state index in [-0.39, 0.29) is 24.3 Å². The first-order valence-corrected chi connectivity index (χ1v) is 9.33. The fraction of sp³-hybridized carbons (Fsp3) is 0.333. The highest BCUT2D eigenvalue weighted by Crippen LogP contribution is 2.38. The smallest absolute Gasteiger partial charge is 0.225 e. The fourth-order valence-electron chi connectivity index (χ4n) is 3.51. The molecule has 27 heavy (non-hydrogen) atoms. The van der Waals surface area contributed by atoms with Crippen molar-refractivity contribution in [3.8, 4) is 5.75 Å². The summed E-state index contributed by atoms with van der Waals surface area (Å²) >= 11 is 6.22. The number of ether oxygens (including phenoxy) is 1. The molecule has 0 aromatic heterocycles. The Labute approximate surface area is 164 Å². The molecule has 2 aromatic carbocycles. The van der Waals surface area contributed by atoms with Crippen molar-refractivity contribution in [2.45, 2.75) is 25.8 Å². The van der Waals surface area contributed by atoms with Crippen molar-refractivity contribution in [3.63, 3.8) is 0 Å². The lowest BCUT2D eigenvalue weighted by Gasteiger charge is -2.38. The van der Waals surface area contributed by atoms with Gasteiger partial charge in [0.05, 0.1) is 13.2 Å². The first-order valence-electron chi connectivity index (χ1n) is 8.96. The Kier molecular flexibility index (Phi) is 6.01. The van der Waals surface area contributed by atoms with Crippen molar-refractivity contribution in [2.75, 3.05) is 20.2 Å². The minimum absolute atomic E-state index is 0.00203. The maximum atomic E-state index is 12.9. The SMILES string of the molecule is COc1ccc2c(c1)C(c1cccc(Cl)c1)N(C(=O)CCNC(C)=O)CC2. The maximum Gasteiger partial charge on any atom is 0.225 e. The molecular weight excluding hydrogens is 364 g/mol. The molecular formula is C21H23ClN2O3. The van der Waals surface area contributed by atoms with Crippen LogP contribution in [0.5, 0.6) is 5.75 Å². The van der Waals surface area contributed by atoms with Crippen LogP contribution in [0.1, 0.15) is 36.1 Å². The molecule has 2 aromatic rings. The lowest BCUT2D eigenvalue weighted by molar-refractivity contribution is -0.133. The van der Waals surface area contributed by atoms with Crippen LogP contribution in [-0.2, 0) is 16.0 Å². The third-order valence-corrected chi connectivity index (χ3v) is 5.01.